The van der Waals surface area contributed by atoms with Gasteiger partial charge in [-0.2, -0.15) is 5.26 Å². The van der Waals surface area contributed by atoms with Gasteiger partial charge in [0.25, 0.3) is 0 Å². The number of rotatable bonds is 5. The standard InChI is InChI=1S/C11H13FN2O2/c1-14-6-9(15)7-16-11-3-2-8(5-13)4-10(11)12/h2-4,9,14-15H,6-7H2,1H3. The van der Waals surface area contributed by atoms with Crippen molar-refractivity contribution in [1.82, 2.24) is 5.32 Å². The van der Waals surface area contributed by atoms with Crippen LogP contribution < -0.4 is 10.1 Å². The molecule has 1 atom stereocenters. The van der Waals surface area contributed by atoms with Gasteiger partial charge in [-0.15, -0.1) is 0 Å². The van der Waals surface area contributed by atoms with E-state index in [1.165, 1.54) is 12.1 Å². The molecule has 1 rings (SSSR count). The Kier molecular flexibility index (Phi) is 4.70. The molecule has 86 valence electrons. The highest BCUT2D eigenvalue weighted by atomic mass is 19.1. The minimum atomic E-state index is -0.694. The maximum Gasteiger partial charge on any atom is 0.166 e. The molecule has 16 heavy (non-hydrogen) atoms. The fraction of sp³-hybridized carbons (Fsp3) is 0.364. The fourth-order valence-electron chi connectivity index (χ4n) is 1.17. The van der Waals surface area contributed by atoms with Gasteiger partial charge in [0.05, 0.1) is 11.6 Å². The van der Waals surface area contributed by atoms with Crippen molar-refractivity contribution in [2.45, 2.75) is 6.10 Å². The van der Waals surface area contributed by atoms with E-state index in [2.05, 4.69) is 5.32 Å². The van der Waals surface area contributed by atoms with E-state index in [1.807, 2.05) is 6.07 Å². The molecule has 0 aliphatic carbocycles. The van der Waals surface area contributed by atoms with Crippen molar-refractivity contribution in [1.29, 1.82) is 5.26 Å². The van der Waals surface area contributed by atoms with Gasteiger partial charge in [0, 0.05) is 6.54 Å². The van der Waals surface area contributed by atoms with Gasteiger partial charge in [0.1, 0.15) is 12.7 Å². The number of ether oxygens (including phenoxy) is 1. The molecule has 2 N–H and O–H groups in total. The maximum atomic E-state index is 13.3. The summed E-state index contributed by atoms with van der Waals surface area (Å²) in [5.74, 6) is -0.565. The molecule has 0 saturated carbocycles. The molecule has 5 heteroatoms. The Morgan fingerprint density at radius 1 is 1.62 bits per heavy atom. The molecule has 0 radical (unpaired) electrons. The molecule has 0 saturated heterocycles. The Morgan fingerprint density at radius 2 is 2.38 bits per heavy atom. The molecule has 0 aliphatic rings. The van der Waals surface area contributed by atoms with Crippen LogP contribution in [-0.2, 0) is 0 Å². The zero-order valence-electron chi connectivity index (χ0n) is 8.90. The van der Waals surface area contributed by atoms with E-state index in [1.54, 1.807) is 7.05 Å². The summed E-state index contributed by atoms with van der Waals surface area (Å²) in [6.45, 7) is 0.377. The molecule has 1 aromatic carbocycles. The number of halogens is 1. The molecule has 0 aromatic heterocycles. The van der Waals surface area contributed by atoms with Crippen LogP contribution in [0.15, 0.2) is 18.2 Å². The molecule has 0 amide bonds. The maximum absolute atomic E-state index is 13.3. The normalized spacial score (nSPS) is 11.9. The number of nitrogens with one attached hydrogen (secondary N) is 1. The first-order valence-corrected chi connectivity index (χ1v) is 4.82. The Labute approximate surface area is 93.3 Å². The summed E-state index contributed by atoms with van der Waals surface area (Å²) in [4.78, 5) is 0. The Hall–Kier alpha value is -1.64. The van der Waals surface area contributed by atoms with Crippen LogP contribution in [0.2, 0.25) is 0 Å². The average molecular weight is 224 g/mol. The first-order valence-electron chi connectivity index (χ1n) is 4.82. The van der Waals surface area contributed by atoms with Crippen molar-refractivity contribution in [2.75, 3.05) is 20.2 Å². The number of hydrogen-bond donors (Lipinski definition) is 2. The van der Waals surface area contributed by atoms with Crippen LogP contribution in [0.3, 0.4) is 0 Å². The van der Waals surface area contributed by atoms with E-state index >= 15 is 0 Å². The number of hydrogen-bond acceptors (Lipinski definition) is 4. The highest BCUT2D eigenvalue weighted by Gasteiger charge is 2.08. The van der Waals surface area contributed by atoms with Crippen molar-refractivity contribution in [3.8, 4) is 11.8 Å². The lowest BCUT2D eigenvalue weighted by Gasteiger charge is -2.12. The Balaban J connectivity index is 2.58. The van der Waals surface area contributed by atoms with Gasteiger partial charge in [0.15, 0.2) is 11.6 Å². The topological polar surface area (TPSA) is 65.3 Å². The van der Waals surface area contributed by atoms with Crippen LogP contribution in [0.4, 0.5) is 4.39 Å². The third-order valence-corrected chi connectivity index (χ3v) is 1.93. The van der Waals surface area contributed by atoms with Crippen LogP contribution in [0.5, 0.6) is 5.75 Å². The van der Waals surface area contributed by atoms with Gasteiger partial charge in [-0.3, -0.25) is 0 Å². The quantitative estimate of drug-likeness (QED) is 0.771. The van der Waals surface area contributed by atoms with Crippen LogP contribution in [0.25, 0.3) is 0 Å². The largest absolute Gasteiger partial charge is 0.488 e. The highest BCUT2D eigenvalue weighted by molar-refractivity contribution is 5.35. The molecule has 0 bridgehead atoms. The van der Waals surface area contributed by atoms with Crippen molar-refractivity contribution in [3.63, 3.8) is 0 Å². The molecule has 4 nitrogen and oxygen atoms in total. The van der Waals surface area contributed by atoms with Crippen molar-refractivity contribution in [2.24, 2.45) is 0 Å². The number of likely N-dealkylation sites (N-methyl/N-ethyl adjacent to an activating group) is 1. The third-order valence-electron chi connectivity index (χ3n) is 1.93. The summed E-state index contributed by atoms with van der Waals surface area (Å²) in [7, 11) is 1.70. The van der Waals surface area contributed by atoms with Crippen LogP contribution in [0, 0.1) is 17.1 Å². The summed E-state index contributed by atoms with van der Waals surface area (Å²) in [6.07, 6.45) is -0.694. The lowest BCUT2D eigenvalue weighted by atomic mass is 10.2. The second-order valence-electron chi connectivity index (χ2n) is 3.28. The second-order valence-corrected chi connectivity index (χ2v) is 3.28. The van der Waals surface area contributed by atoms with E-state index in [0.29, 0.717) is 6.54 Å². The minimum absolute atomic E-state index is 0.00363. The minimum Gasteiger partial charge on any atom is -0.488 e. The monoisotopic (exact) mass is 224 g/mol. The third kappa shape index (κ3) is 3.50. The van der Waals surface area contributed by atoms with Crippen LogP contribution >= 0.6 is 0 Å². The second kappa shape index (κ2) is 6.05. The molecule has 0 aliphatic heterocycles. The molecule has 0 fully saturated rings. The summed E-state index contributed by atoms with van der Waals surface area (Å²) in [5.41, 5.74) is 0.237. The predicted octanol–water partition coefficient (Wildman–Crippen LogP) is 0.656. The SMILES string of the molecule is CNCC(O)COc1ccc(C#N)cc1F. The Morgan fingerprint density at radius 3 is 2.94 bits per heavy atom. The lowest BCUT2D eigenvalue weighted by molar-refractivity contribution is 0.106. The van der Waals surface area contributed by atoms with Gasteiger partial charge in [-0.05, 0) is 25.2 Å². The predicted molar refractivity (Wildman–Crippen MR) is 56.5 cm³/mol. The van der Waals surface area contributed by atoms with E-state index in [9.17, 15) is 9.50 Å². The Bertz CT molecular complexity index is 390. The zero-order valence-corrected chi connectivity index (χ0v) is 8.90. The highest BCUT2D eigenvalue weighted by Crippen LogP contribution is 2.17. The summed E-state index contributed by atoms with van der Waals surface area (Å²) in [6, 6.07) is 5.76. The van der Waals surface area contributed by atoms with E-state index in [-0.39, 0.29) is 17.9 Å². The first kappa shape index (κ1) is 12.4. The van der Waals surface area contributed by atoms with Gasteiger partial charge in [0.2, 0.25) is 0 Å². The first-order chi connectivity index (χ1) is 7.67. The van der Waals surface area contributed by atoms with Crippen LogP contribution in [-0.4, -0.2) is 31.4 Å². The fourth-order valence-corrected chi connectivity index (χ4v) is 1.17. The smallest absolute Gasteiger partial charge is 0.166 e. The lowest BCUT2D eigenvalue weighted by Crippen LogP contribution is -2.29. The number of aliphatic hydroxyl groups excluding tert-OH is 1. The van der Waals surface area contributed by atoms with Crippen molar-refractivity contribution in [3.05, 3.63) is 29.6 Å². The average Bonchev–Trinajstić information content (AvgIpc) is 2.27. The van der Waals surface area contributed by atoms with Crippen molar-refractivity contribution >= 4 is 0 Å². The zero-order chi connectivity index (χ0) is 12.0. The number of aliphatic hydroxyl groups is 1. The molecule has 0 heterocycles. The number of nitrogens with zero attached hydrogens (tertiary/aromatic N) is 1. The van der Waals surface area contributed by atoms with Crippen molar-refractivity contribution < 1.29 is 14.2 Å². The van der Waals surface area contributed by atoms with E-state index in [4.69, 9.17) is 10.00 Å². The van der Waals surface area contributed by atoms with Gasteiger partial charge in [-0.1, -0.05) is 0 Å². The van der Waals surface area contributed by atoms with E-state index in [0.717, 1.165) is 6.07 Å². The van der Waals surface area contributed by atoms with E-state index < -0.39 is 11.9 Å². The molecule has 1 aromatic rings. The summed E-state index contributed by atoms with van der Waals surface area (Å²) >= 11 is 0. The van der Waals surface area contributed by atoms with Gasteiger partial charge < -0.3 is 15.2 Å². The van der Waals surface area contributed by atoms with Gasteiger partial charge >= 0.3 is 0 Å². The number of nitriles is 1. The molecule has 1 unspecified atom stereocenters. The number of benzene rings is 1. The summed E-state index contributed by atoms with van der Waals surface area (Å²) in [5, 5.41) is 20.6. The van der Waals surface area contributed by atoms with Crippen LogP contribution in [0.1, 0.15) is 5.56 Å². The van der Waals surface area contributed by atoms with Gasteiger partial charge in [-0.25, -0.2) is 4.39 Å². The molecule has 0 spiro atoms. The summed E-state index contributed by atoms with van der Waals surface area (Å²) < 4.78 is 18.4. The molecular weight excluding hydrogens is 211 g/mol. The molecular formula is C11H13FN2O2.